The summed E-state index contributed by atoms with van der Waals surface area (Å²) < 4.78 is 22.6. The summed E-state index contributed by atoms with van der Waals surface area (Å²) in [5.41, 5.74) is 0. The Morgan fingerprint density at radius 1 is 0.441 bits per heavy atom. The average molecular weight is 836 g/mol. The minimum atomic E-state index is -0.0568. The largest absolute Gasteiger partial charge is 0.466 e. The van der Waals surface area contributed by atoms with Crippen molar-refractivity contribution in [3.05, 3.63) is 0 Å². The molecule has 0 aromatic rings. The number of esters is 3. The van der Waals surface area contributed by atoms with Gasteiger partial charge in [-0.1, -0.05) is 182 Å². The first kappa shape index (κ1) is 55.3. The van der Waals surface area contributed by atoms with Gasteiger partial charge in [-0.2, -0.15) is 0 Å². The fraction of sp³-hybridized carbons (Fsp3) is 0.941. The summed E-state index contributed by atoms with van der Waals surface area (Å²) in [4.78, 5) is 40.5. The van der Waals surface area contributed by atoms with Crippen LogP contribution in [0.25, 0.3) is 0 Å². The molecule has 1 unspecified atom stereocenters. The highest BCUT2D eigenvalue weighted by Crippen LogP contribution is 2.24. The van der Waals surface area contributed by atoms with Gasteiger partial charge in [0.2, 0.25) is 0 Å². The van der Waals surface area contributed by atoms with Gasteiger partial charge < -0.3 is 18.9 Å². The summed E-state index contributed by atoms with van der Waals surface area (Å²) >= 11 is 0. The van der Waals surface area contributed by atoms with E-state index in [9.17, 15) is 14.4 Å². The Kier molecular flexibility index (Phi) is 39.1. The minimum absolute atomic E-state index is 0.0354. The van der Waals surface area contributed by atoms with Gasteiger partial charge in [-0.15, -0.1) is 0 Å². The second-order valence-electron chi connectivity index (χ2n) is 18.0. The van der Waals surface area contributed by atoms with E-state index in [0.717, 1.165) is 129 Å². The maximum absolute atomic E-state index is 13.2. The standard InChI is InChI=1S/C51H97NO7/c1-5-9-19-28-46(29-20-10-6-2)36-42-57-49(53)34-25-16-14-13-15-23-32-48(51(55)59-41-27-38-52-39-44-56-45-40-52)33-24-17-18-26-35-50(54)58-43-37-47(30-21-11-7-3)31-22-12-8-4/h46-48H,5-45H2,1-4H3. The predicted octanol–water partition coefficient (Wildman–Crippen LogP) is 13.7. The normalized spacial score (nSPS) is 13.9. The van der Waals surface area contributed by atoms with E-state index in [1.807, 2.05) is 0 Å². The average Bonchev–Trinajstić information content (AvgIpc) is 3.24. The highest BCUT2D eigenvalue weighted by Gasteiger charge is 2.20. The molecule has 0 amide bonds. The molecule has 1 aliphatic heterocycles. The first-order valence-corrected chi connectivity index (χ1v) is 25.7. The summed E-state index contributed by atoms with van der Waals surface area (Å²) in [6.07, 6.45) is 36.2. The Bertz CT molecular complexity index is 934. The molecular weight excluding hydrogens is 739 g/mol. The van der Waals surface area contributed by atoms with Crippen LogP contribution in [-0.4, -0.2) is 75.5 Å². The third kappa shape index (κ3) is 34.6. The highest BCUT2D eigenvalue weighted by atomic mass is 16.5. The van der Waals surface area contributed by atoms with Crippen molar-refractivity contribution in [2.45, 2.75) is 240 Å². The van der Waals surface area contributed by atoms with Crippen molar-refractivity contribution in [1.29, 1.82) is 0 Å². The van der Waals surface area contributed by atoms with E-state index in [0.29, 0.717) is 44.5 Å². The van der Waals surface area contributed by atoms with Gasteiger partial charge in [0.1, 0.15) is 0 Å². The van der Waals surface area contributed by atoms with Crippen LogP contribution < -0.4 is 0 Å². The van der Waals surface area contributed by atoms with Crippen molar-refractivity contribution in [3.8, 4) is 0 Å². The van der Waals surface area contributed by atoms with Crippen LogP contribution in [0, 0.1) is 17.8 Å². The number of unbranched alkanes of at least 4 members (excludes halogenated alkanes) is 16. The van der Waals surface area contributed by atoms with Crippen LogP contribution in [0.5, 0.6) is 0 Å². The van der Waals surface area contributed by atoms with Crippen LogP contribution in [-0.2, 0) is 33.3 Å². The van der Waals surface area contributed by atoms with Crippen molar-refractivity contribution < 1.29 is 33.3 Å². The first-order chi connectivity index (χ1) is 28.9. The molecule has 0 aromatic carbocycles. The SMILES string of the molecule is CCCCCC(CCCCC)CCOC(=O)CCCCCCCCC(CCCCCCC(=O)OCCC(CCCCC)CCCCC)C(=O)OCCCN1CCOCC1. The van der Waals surface area contributed by atoms with Crippen LogP contribution in [0.4, 0.5) is 0 Å². The zero-order valence-corrected chi connectivity index (χ0v) is 39.5. The molecule has 0 aromatic heterocycles. The molecule has 0 saturated carbocycles. The Labute approximate surface area is 365 Å². The minimum Gasteiger partial charge on any atom is -0.466 e. The number of hydrogen-bond donors (Lipinski definition) is 0. The molecule has 1 atom stereocenters. The Balaban J connectivity index is 2.33. The quantitative estimate of drug-likeness (QED) is 0.0341. The second-order valence-corrected chi connectivity index (χ2v) is 18.0. The van der Waals surface area contributed by atoms with E-state index in [1.165, 1.54) is 103 Å². The maximum Gasteiger partial charge on any atom is 0.308 e. The van der Waals surface area contributed by atoms with E-state index >= 15 is 0 Å². The van der Waals surface area contributed by atoms with Gasteiger partial charge in [0.25, 0.3) is 0 Å². The fourth-order valence-electron chi connectivity index (χ4n) is 8.59. The Hall–Kier alpha value is -1.67. The number of carbonyl (C=O) groups is 3. The van der Waals surface area contributed by atoms with Gasteiger partial charge >= 0.3 is 17.9 Å². The molecule has 0 bridgehead atoms. The van der Waals surface area contributed by atoms with Gasteiger partial charge in [0, 0.05) is 32.5 Å². The topological polar surface area (TPSA) is 91.4 Å². The Morgan fingerprint density at radius 2 is 0.831 bits per heavy atom. The molecule has 0 aliphatic carbocycles. The molecule has 0 spiro atoms. The van der Waals surface area contributed by atoms with Crippen LogP contribution in [0.3, 0.4) is 0 Å². The number of nitrogens with zero attached hydrogens (tertiary/aromatic N) is 1. The third-order valence-electron chi connectivity index (χ3n) is 12.6. The molecule has 0 radical (unpaired) electrons. The van der Waals surface area contributed by atoms with E-state index in [2.05, 4.69) is 32.6 Å². The lowest BCUT2D eigenvalue weighted by atomic mass is 9.92. The maximum atomic E-state index is 13.2. The predicted molar refractivity (Wildman–Crippen MR) is 246 cm³/mol. The molecule has 59 heavy (non-hydrogen) atoms. The fourth-order valence-corrected chi connectivity index (χ4v) is 8.59. The van der Waals surface area contributed by atoms with Crippen LogP contribution in [0.15, 0.2) is 0 Å². The smallest absolute Gasteiger partial charge is 0.308 e. The van der Waals surface area contributed by atoms with Crippen LogP contribution in [0.1, 0.15) is 240 Å². The molecular formula is C51H97NO7. The molecule has 1 saturated heterocycles. The van der Waals surface area contributed by atoms with E-state index in [1.54, 1.807) is 0 Å². The lowest BCUT2D eigenvalue weighted by molar-refractivity contribution is -0.149. The molecule has 1 aliphatic rings. The number of morpholine rings is 1. The molecule has 0 N–H and O–H groups in total. The van der Waals surface area contributed by atoms with Gasteiger partial charge in [0.15, 0.2) is 0 Å². The summed E-state index contributed by atoms with van der Waals surface area (Å²) in [7, 11) is 0. The van der Waals surface area contributed by atoms with E-state index in [-0.39, 0.29) is 23.8 Å². The monoisotopic (exact) mass is 836 g/mol. The van der Waals surface area contributed by atoms with Crippen molar-refractivity contribution in [2.24, 2.45) is 17.8 Å². The third-order valence-corrected chi connectivity index (χ3v) is 12.6. The molecule has 1 fully saturated rings. The molecule has 8 nitrogen and oxygen atoms in total. The summed E-state index contributed by atoms with van der Waals surface area (Å²) in [6.45, 7) is 15.1. The first-order valence-electron chi connectivity index (χ1n) is 25.7. The highest BCUT2D eigenvalue weighted by molar-refractivity contribution is 5.72. The van der Waals surface area contributed by atoms with Crippen LogP contribution in [0.2, 0.25) is 0 Å². The number of rotatable bonds is 43. The summed E-state index contributed by atoms with van der Waals surface area (Å²) in [5, 5.41) is 0. The van der Waals surface area contributed by atoms with Gasteiger partial charge in [-0.05, 0) is 56.8 Å². The number of carbonyl (C=O) groups excluding carboxylic acids is 3. The van der Waals surface area contributed by atoms with Crippen molar-refractivity contribution in [1.82, 2.24) is 4.90 Å². The zero-order chi connectivity index (χ0) is 42.9. The molecule has 1 heterocycles. The van der Waals surface area contributed by atoms with Crippen molar-refractivity contribution in [2.75, 3.05) is 52.7 Å². The summed E-state index contributed by atoms with van der Waals surface area (Å²) in [5.74, 6) is 1.19. The number of hydrogen-bond acceptors (Lipinski definition) is 8. The molecule has 348 valence electrons. The van der Waals surface area contributed by atoms with E-state index in [4.69, 9.17) is 18.9 Å². The number of ether oxygens (including phenoxy) is 4. The zero-order valence-electron chi connectivity index (χ0n) is 39.5. The van der Waals surface area contributed by atoms with E-state index < -0.39 is 0 Å². The van der Waals surface area contributed by atoms with Gasteiger partial charge in [-0.25, -0.2) is 0 Å². The van der Waals surface area contributed by atoms with Gasteiger partial charge in [-0.3, -0.25) is 19.3 Å². The lowest BCUT2D eigenvalue weighted by Crippen LogP contribution is -2.37. The van der Waals surface area contributed by atoms with Crippen molar-refractivity contribution >= 4 is 17.9 Å². The lowest BCUT2D eigenvalue weighted by Gasteiger charge is -2.26. The molecule has 1 rings (SSSR count). The van der Waals surface area contributed by atoms with Gasteiger partial charge in [0.05, 0.1) is 39.0 Å². The van der Waals surface area contributed by atoms with Crippen LogP contribution >= 0.6 is 0 Å². The van der Waals surface area contributed by atoms with Crippen molar-refractivity contribution in [3.63, 3.8) is 0 Å². The molecule has 8 heteroatoms. The summed E-state index contributed by atoms with van der Waals surface area (Å²) in [6, 6.07) is 0. The second kappa shape index (κ2) is 41.7. The Morgan fingerprint density at radius 3 is 1.25 bits per heavy atom.